The molecule has 31 heavy (non-hydrogen) atoms. The van der Waals surface area contributed by atoms with Crippen molar-refractivity contribution in [2.45, 2.75) is 18.4 Å². The molecule has 162 valence electrons. The number of benzene rings is 2. The highest BCUT2D eigenvalue weighted by atomic mass is 35.5. The van der Waals surface area contributed by atoms with Crippen molar-refractivity contribution in [2.24, 2.45) is 5.92 Å². The SMILES string of the molecule is COCCN1CCC(C2Nc3cc(F)cc4c(=O)[nH]nc(c34)C2c2ccccc2Cl)C1. The van der Waals surface area contributed by atoms with Crippen LogP contribution in [0.4, 0.5) is 10.1 Å². The smallest absolute Gasteiger partial charge is 0.272 e. The van der Waals surface area contributed by atoms with Gasteiger partial charge in [0, 0.05) is 42.3 Å². The van der Waals surface area contributed by atoms with Gasteiger partial charge in [-0.25, -0.2) is 9.49 Å². The minimum atomic E-state index is -0.444. The van der Waals surface area contributed by atoms with Crippen LogP contribution >= 0.6 is 11.6 Å². The topological polar surface area (TPSA) is 70.2 Å². The highest BCUT2D eigenvalue weighted by molar-refractivity contribution is 6.31. The zero-order valence-corrected chi connectivity index (χ0v) is 18.0. The second-order valence-corrected chi connectivity index (χ2v) is 8.73. The van der Waals surface area contributed by atoms with Gasteiger partial charge in [0.25, 0.3) is 5.56 Å². The normalized spacial score (nSPS) is 23.3. The van der Waals surface area contributed by atoms with E-state index in [0.717, 1.165) is 37.3 Å². The van der Waals surface area contributed by atoms with E-state index in [1.54, 1.807) is 7.11 Å². The van der Waals surface area contributed by atoms with E-state index in [1.165, 1.54) is 12.1 Å². The number of halogens is 2. The van der Waals surface area contributed by atoms with Crippen molar-refractivity contribution in [2.75, 3.05) is 38.7 Å². The summed E-state index contributed by atoms with van der Waals surface area (Å²) >= 11 is 6.63. The molecule has 3 heterocycles. The molecule has 5 rings (SSSR count). The van der Waals surface area contributed by atoms with E-state index >= 15 is 0 Å². The molecule has 1 fully saturated rings. The summed E-state index contributed by atoms with van der Waals surface area (Å²) in [4.78, 5) is 14.8. The molecule has 2 aromatic carbocycles. The van der Waals surface area contributed by atoms with Crippen molar-refractivity contribution in [3.05, 3.63) is 68.8 Å². The van der Waals surface area contributed by atoms with Gasteiger partial charge in [-0.15, -0.1) is 0 Å². The summed E-state index contributed by atoms with van der Waals surface area (Å²) in [6, 6.07) is 10.4. The van der Waals surface area contributed by atoms with Gasteiger partial charge < -0.3 is 15.0 Å². The van der Waals surface area contributed by atoms with Crippen molar-refractivity contribution >= 4 is 28.1 Å². The predicted octanol–water partition coefficient (Wildman–Crippen LogP) is 3.61. The van der Waals surface area contributed by atoms with E-state index in [1.807, 2.05) is 24.3 Å². The Kier molecular flexibility index (Phi) is 5.42. The van der Waals surface area contributed by atoms with Crippen molar-refractivity contribution in [3.8, 4) is 0 Å². The van der Waals surface area contributed by atoms with E-state index < -0.39 is 11.4 Å². The molecule has 6 nitrogen and oxygen atoms in total. The lowest BCUT2D eigenvalue weighted by molar-refractivity contribution is 0.158. The van der Waals surface area contributed by atoms with Gasteiger partial charge in [0.2, 0.25) is 0 Å². The van der Waals surface area contributed by atoms with Crippen LogP contribution in [0.3, 0.4) is 0 Å². The second-order valence-electron chi connectivity index (χ2n) is 8.33. The van der Waals surface area contributed by atoms with Crippen LogP contribution in [0.15, 0.2) is 41.2 Å². The van der Waals surface area contributed by atoms with Gasteiger partial charge in [-0.05, 0) is 42.6 Å². The number of rotatable bonds is 5. The summed E-state index contributed by atoms with van der Waals surface area (Å²) in [5, 5.41) is 12.2. The van der Waals surface area contributed by atoms with Crippen LogP contribution in [0.25, 0.3) is 10.8 Å². The first-order valence-corrected chi connectivity index (χ1v) is 10.9. The number of H-pyrrole nitrogens is 1. The first-order chi connectivity index (χ1) is 15.1. The lowest BCUT2D eigenvalue weighted by Gasteiger charge is -2.38. The summed E-state index contributed by atoms with van der Waals surface area (Å²) < 4.78 is 19.6. The van der Waals surface area contributed by atoms with Gasteiger partial charge in [0.15, 0.2) is 0 Å². The lowest BCUT2D eigenvalue weighted by atomic mass is 9.77. The van der Waals surface area contributed by atoms with Crippen LogP contribution in [0.1, 0.15) is 23.6 Å². The second kappa shape index (κ2) is 8.22. The van der Waals surface area contributed by atoms with Crippen LogP contribution in [-0.4, -0.2) is 54.5 Å². The summed E-state index contributed by atoms with van der Waals surface area (Å²) in [7, 11) is 1.71. The third-order valence-corrected chi connectivity index (χ3v) is 6.87. The Bertz CT molecular complexity index is 1180. The van der Waals surface area contributed by atoms with Crippen molar-refractivity contribution in [3.63, 3.8) is 0 Å². The number of anilines is 1. The molecule has 2 aliphatic heterocycles. The fraction of sp³-hybridized carbons (Fsp3) is 0.391. The highest BCUT2D eigenvalue weighted by Gasteiger charge is 2.41. The predicted molar refractivity (Wildman–Crippen MR) is 119 cm³/mol. The molecular weight excluding hydrogens is 419 g/mol. The molecule has 3 atom stereocenters. The van der Waals surface area contributed by atoms with Gasteiger partial charge in [0.1, 0.15) is 5.82 Å². The molecule has 3 aromatic rings. The Morgan fingerprint density at radius 1 is 1.32 bits per heavy atom. The Labute approximate surface area is 184 Å². The van der Waals surface area contributed by atoms with Crippen molar-refractivity contribution < 1.29 is 9.13 Å². The van der Waals surface area contributed by atoms with Crippen LogP contribution < -0.4 is 10.9 Å². The molecule has 1 aromatic heterocycles. The molecule has 2 aliphatic rings. The maximum absolute atomic E-state index is 14.4. The molecule has 0 saturated carbocycles. The number of hydrogen-bond donors (Lipinski definition) is 2. The monoisotopic (exact) mass is 442 g/mol. The fourth-order valence-corrected chi connectivity index (χ4v) is 5.35. The number of aromatic nitrogens is 2. The number of aromatic amines is 1. The molecule has 3 unspecified atom stereocenters. The maximum atomic E-state index is 14.4. The van der Waals surface area contributed by atoms with E-state index in [-0.39, 0.29) is 12.0 Å². The zero-order chi connectivity index (χ0) is 21.5. The molecule has 2 N–H and O–H groups in total. The Morgan fingerprint density at radius 3 is 2.97 bits per heavy atom. The summed E-state index contributed by atoms with van der Waals surface area (Å²) in [6.07, 6.45) is 0.999. The third kappa shape index (κ3) is 3.60. The Hall–Kier alpha value is -2.48. The fourth-order valence-electron chi connectivity index (χ4n) is 5.10. The molecule has 0 radical (unpaired) electrons. The third-order valence-electron chi connectivity index (χ3n) is 6.53. The number of hydrogen-bond acceptors (Lipinski definition) is 5. The lowest BCUT2D eigenvalue weighted by Crippen LogP contribution is -2.41. The number of nitrogens with zero attached hydrogens (tertiary/aromatic N) is 2. The molecule has 1 saturated heterocycles. The largest absolute Gasteiger partial charge is 0.383 e. The summed E-state index contributed by atoms with van der Waals surface area (Å²) in [6.45, 7) is 3.45. The van der Waals surface area contributed by atoms with Gasteiger partial charge in [0.05, 0.1) is 23.6 Å². The minimum absolute atomic E-state index is 0.0386. The molecular formula is C23H24ClFN4O2. The van der Waals surface area contributed by atoms with E-state index in [2.05, 4.69) is 20.4 Å². The van der Waals surface area contributed by atoms with Gasteiger partial charge in [-0.2, -0.15) is 5.10 Å². The van der Waals surface area contributed by atoms with Crippen molar-refractivity contribution in [1.29, 1.82) is 0 Å². The van der Waals surface area contributed by atoms with Gasteiger partial charge >= 0.3 is 0 Å². The standard InChI is InChI=1S/C23H24ClFN4O2/c1-31-9-8-29-7-6-13(12-29)21-20(15-4-2-3-5-17(15)24)22-19-16(23(30)28-27-22)10-14(25)11-18(19)26-21/h2-5,10-11,13,20-21,26H,6-9,12H2,1H3,(H,28,30). The first-order valence-electron chi connectivity index (χ1n) is 10.5. The number of nitrogens with one attached hydrogen (secondary N) is 2. The highest BCUT2D eigenvalue weighted by Crippen LogP contribution is 2.45. The molecule has 8 heteroatoms. The summed E-state index contributed by atoms with van der Waals surface area (Å²) in [5.74, 6) is -0.308. The van der Waals surface area contributed by atoms with E-state index in [9.17, 15) is 9.18 Å². The van der Waals surface area contributed by atoms with Crippen LogP contribution in [-0.2, 0) is 4.74 Å². The number of ether oxygens (including phenoxy) is 1. The quantitative estimate of drug-likeness (QED) is 0.631. The number of likely N-dealkylation sites (tertiary alicyclic amines) is 1. The average Bonchev–Trinajstić information content (AvgIpc) is 3.23. The van der Waals surface area contributed by atoms with Crippen LogP contribution in [0.5, 0.6) is 0 Å². The van der Waals surface area contributed by atoms with Crippen molar-refractivity contribution in [1.82, 2.24) is 15.1 Å². The van der Waals surface area contributed by atoms with Gasteiger partial charge in [-0.1, -0.05) is 29.8 Å². The van der Waals surface area contributed by atoms with E-state index in [4.69, 9.17) is 16.3 Å². The average molecular weight is 443 g/mol. The molecule has 0 amide bonds. The Morgan fingerprint density at radius 2 is 2.16 bits per heavy atom. The van der Waals surface area contributed by atoms with Gasteiger partial charge in [-0.3, -0.25) is 4.79 Å². The molecule has 0 bridgehead atoms. The summed E-state index contributed by atoms with van der Waals surface area (Å²) in [5.41, 5.74) is 1.90. The minimum Gasteiger partial charge on any atom is -0.383 e. The zero-order valence-electron chi connectivity index (χ0n) is 17.2. The van der Waals surface area contributed by atoms with Crippen LogP contribution in [0, 0.1) is 11.7 Å². The maximum Gasteiger partial charge on any atom is 0.272 e. The van der Waals surface area contributed by atoms with Crippen LogP contribution in [0.2, 0.25) is 5.02 Å². The Balaban J connectivity index is 1.64. The molecule has 0 aliphatic carbocycles. The first kappa shape index (κ1) is 20.4. The molecule has 0 spiro atoms. The number of methoxy groups -OCH3 is 1. The van der Waals surface area contributed by atoms with E-state index in [0.29, 0.717) is 34.0 Å².